The van der Waals surface area contributed by atoms with Crippen molar-refractivity contribution in [2.24, 2.45) is 0 Å². The third-order valence-electron chi connectivity index (χ3n) is 5.98. The maximum Gasteiger partial charge on any atom is 0.123 e. The molecule has 0 bridgehead atoms. The number of halogens is 1. The predicted octanol–water partition coefficient (Wildman–Crippen LogP) is 3.73. The molecule has 0 saturated carbocycles. The van der Waals surface area contributed by atoms with Gasteiger partial charge in [-0.25, -0.2) is 8.91 Å². The molecule has 4 aromatic rings. The fourth-order valence-corrected chi connectivity index (χ4v) is 4.28. The van der Waals surface area contributed by atoms with Crippen LogP contribution in [0.4, 0.5) is 4.39 Å². The van der Waals surface area contributed by atoms with E-state index < -0.39 is 0 Å². The monoisotopic (exact) mass is 416 g/mol. The Morgan fingerprint density at radius 2 is 1.90 bits per heavy atom. The van der Waals surface area contributed by atoms with E-state index in [1.54, 1.807) is 10.6 Å². The second-order valence-corrected chi connectivity index (χ2v) is 8.23. The lowest BCUT2D eigenvalue weighted by Gasteiger charge is -2.38. The summed E-state index contributed by atoms with van der Waals surface area (Å²) in [7, 11) is 2.14. The van der Waals surface area contributed by atoms with E-state index in [0.29, 0.717) is 0 Å². The number of likely N-dealkylation sites (N-methyl/N-ethyl adjacent to an activating group) is 1. The van der Waals surface area contributed by atoms with E-state index in [-0.39, 0.29) is 11.9 Å². The molecule has 4 heterocycles. The number of benzene rings is 1. The van der Waals surface area contributed by atoms with Crippen LogP contribution < -0.4 is 0 Å². The highest BCUT2D eigenvalue weighted by Gasteiger charge is 2.29. The summed E-state index contributed by atoms with van der Waals surface area (Å²) in [5.41, 5.74) is 5.82. The fraction of sp³-hybridized carbons (Fsp3) is 0.292. The van der Waals surface area contributed by atoms with Crippen molar-refractivity contribution in [1.29, 1.82) is 0 Å². The minimum Gasteiger partial charge on any atom is -0.295 e. The van der Waals surface area contributed by atoms with E-state index in [4.69, 9.17) is 0 Å². The smallest absolute Gasteiger partial charge is 0.123 e. The van der Waals surface area contributed by atoms with E-state index in [1.165, 1.54) is 12.1 Å². The van der Waals surface area contributed by atoms with Gasteiger partial charge in [0.1, 0.15) is 11.5 Å². The van der Waals surface area contributed by atoms with Crippen LogP contribution in [0.5, 0.6) is 0 Å². The van der Waals surface area contributed by atoms with E-state index in [2.05, 4.69) is 44.3 Å². The number of aromatic nitrogens is 4. The van der Waals surface area contributed by atoms with E-state index in [0.717, 1.165) is 59.9 Å². The molecule has 1 aromatic carbocycles. The van der Waals surface area contributed by atoms with Gasteiger partial charge in [-0.15, -0.1) is 5.10 Å². The van der Waals surface area contributed by atoms with Crippen molar-refractivity contribution in [2.75, 3.05) is 26.7 Å². The summed E-state index contributed by atoms with van der Waals surface area (Å²) in [6.07, 6.45) is 1.91. The molecule has 0 N–H and O–H groups in total. The molecule has 7 heteroatoms. The zero-order chi connectivity index (χ0) is 21.4. The molecule has 1 aliphatic rings. The first-order chi connectivity index (χ1) is 15.1. The third kappa shape index (κ3) is 4.06. The first-order valence-corrected chi connectivity index (χ1v) is 10.5. The molecule has 3 aromatic heterocycles. The fourth-order valence-electron chi connectivity index (χ4n) is 4.28. The van der Waals surface area contributed by atoms with Crippen LogP contribution in [0.15, 0.2) is 60.8 Å². The molecule has 0 aliphatic carbocycles. The van der Waals surface area contributed by atoms with Crippen molar-refractivity contribution in [3.63, 3.8) is 0 Å². The van der Waals surface area contributed by atoms with Gasteiger partial charge in [0, 0.05) is 43.6 Å². The second kappa shape index (κ2) is 8.17. The Labute approximate surface area is 180 Å². The number of hydrogen-bond acceptors (Lipinski definition) is 5. The maximum absolute atomic E-state index is 13.6. The van der Waals surface area contributed by atoms with Crippen LogP contribution in [-0.2, 0) is 6.54 Å². The van der Waals surface area contributed by atoms with Crippen molar-refractivity contribution in [3.8, 4) is 11.1 Å². The number of hydrogen-bond donors (Lipinski definition) is 0. The molecule has 6 nitrogen and oxygen atoms in total. The van der Waals surface area contributed by atoms with Gasteiger partial charge in [0.05, 0.1) is 17.3 Å². The molecule has 0 spiro atoms. The Balaban J connectivity index is 1.41. The van der Waals surface area contributed by atoms with Crippen LogP contribution >= 0.6 is 0 Å². The Morgan fingerprint density at radius 3 is 2.74 bits per heavy atom. The van der Waals surface area contributed by atoms with Gasteiger partial charge in [0.25, 0.3) is 0 Å². The van der Waals surface area contributed by atoms with Crippen LogP contribution in [0.25, 0.3) is 16.6 Å². The van der Waals surface area contributed by atoms with Crippen molar-refractivity contribution in [1.82, 2.24) is 29.6 Å². The quantitative estimate of drug-likeness (QED) is 0.507. The number of nitrogens with zero attached hydrogens (tertiary/aromatic N) is 6. The molecule has 0 unspecified atom stereocenters. The minimum absolute atomic E-state index is 0.149. The first-order valence-electron chi connectivity index (χ1n) is 10.5. The lowest BCUT2D eigenvalue weighted by atomic mass is 10.1. The number of rotatable bonds is 4. The topological polar surface area (TPSA) is 49.6 Å². The molecule has 5 rings (SSSR count). The van der Waals surface area contributed by atoms with Crippen LogP contribution in [-0.4, -0.2) is 56.3 Å². The predicted molar refractivity (Wildman–Crippen MR) is 118 cm³/mol. The van der Waals surface area contributed by atoms with Gasteiger partial charge < -0.3 is 0 Å². The first kappa shape index (κ1) is 19.8. The largest absolute Gasteiger partial charge is 0.295 e. The van der Waals surface area contributed by atoms with E-state index >= 15 is 0 Å². The number of piperazine rings is 1. The van der Waals surface area contributed by atoms with Gasteiger partial charge in [-0.3, -0.25) is 14.8 Å². The molecular weight excluding hydrogens is 391 g/mol. The van der Waals surface area contributed by atoms with Crippen LogP contribution in [0.2, 0.25) is 0 Å². The Morgan fingerprint density at radius 1 is 1.03 bits per heavy atom. The van der Waals surface area contributed by atoms with E-state index in [1.807, 2.05) is 37.4 Å². The zero-order valence-corrected chi connectivity index (χ0v) is 17.7. The highest BCUT2D eigenvalue weighted by Crippen LogP contribution is 2.28. The minimum atomic E-state index is -0.246. The Kier molecular flexibility index (Phi) is 5.21. The molecule has 1 saturated heterocycles. The van der Waals surface area contributed by atoms with Crippen molar-refractivity contribution >= 4 is 5.52 Å². The van der Waals surface area contributed by atoms with Gasteiger partial charge in [-0.2, -0.15) is 0 Å². The summed E-state index contributed by atoms with van der Waals surface area (Å²) in [6.45, 7) is 5.67. The van der Waals surface area contributed by atoms with E-state index in [9.17, 15) is 4.39 Å². The molecule has 1 fully saturated rings. The maximum atomic E-state index is 13.6. The number of aryl methyl sites for hydroxylation is 1. The SMILES string of the molecule is Cc1cccc(CN2CCN(C)[C@@H](c3nnn4cc(-c5cccc(F)c5)ccc34)C2)n1. The van der Waals surface area contributed by atoms with Crippen LogP contribution in [0.3, 0.4) is 0 Å². The van der Waals surface area contributed by atoms with Crippen molar-refractivity contribution in [2.45, 2.75) is 19.5 Å². The summed E-state index contributed by atoms with van der Waals surface area (Å²) in [5.74, 6) is -0.246. The zero-order valence-electron chi connectivity index (χ0n) is 17.7. The highest BCUT2D eigenvalue weighted by atomic mass is 19.1. The molecule has 158 valence electrons. The molecule has 1 atom stereocenters. The van der Waals surface area contributed by atoms with Gasteiger partial charge in [-0.1, -0.05) is 29.5 Å². The highest BCUT2D eigenvalue weighted by molar-refractivity contribution is 5.66. The molecule has 31 heavy (non-hydrogen) atoms. The lowest BCUT2D eigenvalue weighted by molar-refractivity contribution is 0.0880. The third-order valence-corrected chi connectivity index (χ3v) is 5.98. The molecule has 1 aliphatic heterocycles. The van der Waals surface area contributed by atoms with Gasteiger partial charge >= 0.3 is 0 Å². The summed E-state index contributed by atoms with van der Waals surface area (Å²) in [5, 5.41) is 8.91. The standard InChI is InChI=1S/C24H25FN6/c1-17-5-3-8-21(26-17)15-30-12-11-29(2)23(16-30)24-22-10-9-19(14-31(22)28-27-24)18-6-4-7-20(25)13-18/h3-10,13-14,23H,11-12,15-16H2,1-2H3/t23-/m1/s1. The average molecular weight is 417 g/mol. The number of fused-ring (bicyclic) bond motifs is 1. The summed E-state index contributed by atoms with van der Waals surface area (Å²) < 4.78 is 15.4. The van der Waals surface area contributed by atoms with Crippen LogP contribution in [0.1, 0.15) is 23.1 Å². The Bertz CT molecular complexity index is 1220. The Hall–Kier alpha value is -3.16. The normalized spacial score (nSPS) is 18.0. The van der Waals surface area contributed by atoms with Crippen LogP contribution in [0, 0.1) is 12.7 Å². The number of pyridine rings is 2. The van der Waals surface area contributed by atoms with Crippen molar-refractivity contribution in [3.05, 3.63) is 83.7 Å². The average Bonchev–Trinajstić information content (AvgIpc) is 3.18. The summed E-state index contributed by atoms with van der Waals surface area (Å²) >= 11 is 0. The summed E-state index contributed by atoms with van der Waals surface area (Å²) in [6, 6.07) is 17.0. The van der Waals surface area contributed by atoms with Gasteiger partial charge in [-0.05, 0) is 49.9 Å². The van der Waals surface area contributed by atoms with Crippen molar-refractivity contribution < 1.29 is 4.39 Å². The van der Waals surface area contributed by atoms with Gasteiger partial charge in [0.2, 0.25) is 0 Å². The molecular formula is C24H25FN6. The lowest BCUT2D eigenvalue weighted by Crippen LogP contribution is -2.46. The molecule has 0 amide bonds. The second-order valence-electron chi connectivity index (χ2n) is 8.23. The summed E-state index contributed by atoms with van der Waals surface area (Å²) in [4.78, 5) is 9.42. The van der Waals surface area contributed by atoms with Gasteiger partial charge in [0.15, 0.2) is 0 Å². The molecule has 0 radical (unpaired) electrons.